The van der Waals surface area contributed by atoms with Crippen LogP contribution in [0.1, 0.15) is 21.7 Å². The molecule has 0 aliphatic carbocycles. The summed E-state index contributed by atoms with van der Waals surface area (Å²) in [7, 11) is 0. The molecule has 0 radical (unpaired) electrons. The Bertz CT molecular complexity index is 1160. The molecule has 0 atom stereocenters. The van der Waals surface area contributed by atoms with Gasteiger partial charge in [0.2, 0.25) is 5.91 Å². The number of nitrogens with zero attached hydrogens (tertiary/aromatic N) is 3. The van der Waals surface area contributed by atoms with Crippen LogP contribution in [0.5, 0.6) is 0 Å². The minimum absolute atomic E-state index is 0.0333. The second kappa shape index (κ2) is 9.77. The van der Waals surface area contributed by atoms with E-state index in [2.05, 4.69) is 20.7 Å². The first-order valence-electron chi connectivity index (χ1n) is 9.41. The highest BCUT2D eigenvalue weighted by atomic mass is 19.2. The Labute approximate surface area is 181 Å². The van der Waals surface area contributed by atoms with Crippen molar-refractivity contribution in [1.29, 1.82) is 0 Å². The molecule has 9 nitrogen and oxygen atoms in total. The molecule has 0 saturated heterocycles. The molecule has 0 aliphatic rings. The number of ether oxygens (including phenoxy) is 1. The van der Waals surface area contributed by atoms with Crippen molar-refractivity contribution in [2.75, 3.05) is 18.5 Å². The van der Waals surface area contributed by atoms with Gasteiger partial charge >= 0.3 is 5.97 Å². The van der Waals surface area contributed by atoms with Crippen molar-refractivity contribution >= 4 is 23.5 Å². The maximum atomic E-state index is 13.1. The summed E-state index contributed by atoms with van der Waals surface area (Å²) >= 11 is 0. The second-order valence-electron chi connectivity index (χ2n) is 6.77. The molecule has 11 heteroatoms. The molecule has 3 rings (SSSR count). The number of aromatic nitrogens is 3. The number of amides is 2. The molecule has 0 aliphatic heterocycles. The van der Waals surface area contributed by atoms with E-state index < -0.39 is 42.6 Å². The quantitative estimate of drug-likeness (QED) is 0.541. The van der Waals surface area contributed by atoms with Gasteiger partial charge in [-0.2, -0.15) is 5.10 Å². The minimum atomic E-state index is -1.11. The van der Waals surface area contributed by atoms with Crippen molar-refractivity contribution in [1.82, 2.24) is 20.1 Å². The number of anilines is 1. The van der Waals surface area contributed by atoms with Crippen LogP contribution in [0.2, 0.25) is 0 Å². The van der Waals surface area contributed by atoms with Crippen molar-refractivity contribution in [2.24, 2.45) is 0 Å². The Balaban J connectivity index is 1.45. The lowest BCUT2D eigenvalue weighted by Crippen LogP contribution is -2.35. The molecule has 2 heterocycles. The zero-order chi connectivity index (χ0) is 23.3. The number of rotatable bonds is 7. The fourth-order valence-corrected chi connectivity index (χ4v) is 2.72. The van der Waals surface area contributed by atoms with E-state index in [1.807, 2.05) is 19.9 Å². The second-order valence-corrected chi connectivity index (χ2v) is 6.77. The smallest absolute Gasteiger partial charge is 0.340 e. The maximum Gasteiger partial charge on any atom is 0.340 e. The van der Waals surface area contributed by atoms with Crippen molar-refractivity contribution in [3.05, 3.63) is 71.2 Å². The van der Waals surface area contributed by atoms with E-state index in [1.54, 1.807) is 10.7 Å². The average Bonchev–Trinajstić information content (AvgIpc) is 3.11. The molecule has 2 aromatic heterocycles. The predicted molar refractivity (Wildman–Crippen MR) is 109 cm³/mol. The standard InChI is InChI=1S/C21H19F2N5O4/c1-12-7-13(2)28(27-12)18-6-3-14(9-24-18)21(31)32-11-20(30)25-10-19(29)26-15-4-5-16(22)17(23)8-15/h3-9H,10-11H2,1-2H3,(H,25,30)(H,26,29). The molecule has 1 aromatic carbocycles. The Morgan fingerprint density at radius 3 is 2.44 bits per heavy atom. The number of pyridine rings is 1. The zero-order valence-corrected chi connectivity index (χ0v) is 17.2. The molecule has 2 N–H and O–H groups in total. The van der Waals surface area contributed by atoms with Gasteiger partial charge in [0, 0.05) is 23.6 Å². The number of hydrogen-bond acceptors (Lipinski definition) is 6. The highest BCUT2D eigenvalue weighted by Gasteiger charge is 2.13. The van der Waals surface area contributed by atoms with Gasteiger partial charge in [0.1, 0.15) is 0 Å². The SMILES string of the molecule is Cc1cc(C)n(-c2ccc(C(=O)OCC(=O)NCC(=O)Nc3ccc(F)c(F)c3)cn2)n1. The van der Waals surface area contributed by atoms with Crippen LogP contribution in [0.4, 0.5) is 14.5 Å². The minimum Gasteiger partial charge on any atom is -0.452 e. The summed E-state index contributed by atoms with van der Waals surface area (Å²) in [5, 5.41) is 8.85. The lowest BCUT2D eigenvalue weighted by molar-refractivity contribution is -0.126. The van der Waals surface area contributed by atoms with Gasteiger partial charge in [0.05, 0.1) is 17.8 Å². The number of halogens is 2. The number of nitrogens with one attached hydrogen (secondary N) is 2. The van der Waals surface area contributed by atoms with Crippen LogP contribution in [0.15, 0.2) is 42.6 Å². The van der Waals surface area contributed by atoms with Gasteiger partial charge in [0.25, 0.3) is 5.91 Å². The van der Waals surface area contributed by atoms with Crippen LogP contribution in [0, 0.1) is 25.5 Å². The first-order valence-corrected chi connectivity index (χ1v) is 9.41. The zero-order valence-electron chi connectivity index (χ0n) is 17.2. The van der Waals surface area contributed by atoms with Crippen LogP contribution >= 0.6 is 0 Å². The van der Waals surface area contributed by atoms with Gasteiger partial charge in [0.15, 0.2) is 24.1 Å². The molecule has 0 unspecified atom stereocenters. The predicted octanol–water partition coefficient (Wildman–Crippen LogP) is 2.07. The first kappa shape index (κ1) is 22.5. The average molecular weight is 443 g/mol. The van der Waals surface area contributed by atoms with E-state index in [0.29, 0.717) is 5.82 Å². The molecular weight excluding hydrogens is 424 g/mol. The van der Waals surface area contributed by atoms with Gasteiger partial charge < -0.3 is 15.4 Å². The molecule has 3 aromatic rings. The van der Waals surface area contributed by atoms with Gasteiger partial charge in [-0.1, -0.05) is 0 Å². The summed E-state index contributed by atoms with van der Waals surface area (Å²) in [6.45, 7) is 2.66. The van der Waals surface area contributed by atoms with Crippen molar-refractivity contribution in [3.63, 3.8) is 0 Å². The third kappa shape index (κ3) is 5.72. The summed E-state index contributed by atoms with van der Waals surface area (Å²) in [6.07, 6.45) is 1.31. The number of carbonyl (C=O) groups is 3. The summed E-state index contributed by atoms with van der Waals surface area (Å²) in [5.41, 5.74) is 1.89. The molecule has 0 saturated carbocycles. The maximum absolute atomic E-state index is 13.1. The van der Waals surface area contributed by atoms with Gasteiger partial charge in [-0.15, -0.1) is 0 Å². The number of esters is 1. The molecule has 0 bridgehead atoms. The van der Waals surface area contributed by atoms with Crippen LogP contribution in [-0.4, -0.2) is 45.7 Å². The Morgan fingerprint density at radius 2 is 1.81 bits per heavy atom. The summed E-state index contributed by atoms with van der Waals surface area (Å²) in [4.78, 5) is 39.9. The number of hydrogen-bond donors (Lipinski definition) is 2. The fraction of sp³-hybridized carbons (Fsp3) is 0.190. The third-order valence-corrected chi connectivity index (χ3v) is 4.19. The number of benzene rings is 1. The molecule has 2 amide bonds. The van der Waals surface area contributed by atoms with E-state index in [-0.39, 0.29) is 11.3 Å². The van der Waals surface area contributed by atoms with Crippen LogP contribution in [0.25, 0.3) is 5.82 Å². The van der Waals surface area contributed by atoms with Gasteiger partial charge in [-0.25, -0.2) is 23.2 Å². The summed E-state index contributed by atoms with van der Waals surface area (Å²) in [5.74, 6) is -3.79. The third-order valence-electron chi connectivity index (χ3n) is 4.19. The van der Waals surface area contributed by atoms with E-state index in [9.17, 15) is 23.2 Å². The van der Waals surface area contributed by atoms with Crippen molar-refractivity contribution < 1.29 is 27.9 Å². The molecular formula is C21H19F2N5O4. The lowest BCUT2D eigenvalue weighted by Gasteiger charge is -2.08. The largest absolute Gasteiger partial charge is 0.452 e. The van der Waals surface area contributed by atoms with Gasteiger partial charge in [-0.05, 0) is 44.2 Å². The van der Waals surface area contributed by atoms with Crippen LogP contribution < -0.4 is 10.6 Å². The Morgan fingerprint density at radius 1 is 1.03 bits per heavy atom. The van der Waals surface area contributed by atoms with Gasteiger partial charge in [-0.3, -0.25) is 9.59 Å². The van der Waals surface area contributed by atoms with Crippen LogP contribution in [-0.2, 0) is 14.3 Å². The van der Waals surface area contributed by atoms with E-state index in [1.165, 1.54) is 18.3 Å². The molecule has 32 heavy (non-hydrogen) atoms. The van der Waals surface area contributed by atoms with E-state index >= 15 is 0 Å². The van der Waals surface area contributed by atoms with Crippen molar-refractivity contribution in [3.8, 4) is 5.82 Å². The number of aryl methyl sites for hydroxylation is 2. The summed E-state index contributed by atoms with van der Waals surface area (Å²) < 4.78 is 32.6. The topological polar surface area (TPSA) is 115 Å². The normalized spacial score (nSPS) is 10.5. The fourth-order valence-electron chi connectivity index (χ4n) is 2.72. The van der Waals surface area contributed by atoms with E-state index in [4.69, 9.17) is 4.74 Å². The Hall–Kier alpha value is -4.15. The number of carbonyl (C=O) groups excluding carboxylic acids is 3. The summed E-state index contributed by atoms with van der Waals surface area (Å²) in [6, 6.07) is 7.83. The van der Waals surface area contributed by atoms with E-state index in [0.717, 1.165) is 23.5 Å². The molecule has 0 spiro atoms. The molecule has 166 valence electrons. The molecule has 0 fully saturated rings. The first-order chi connectivity index (χ1) is 15.2. The highest BCUT2D eigenvalue weighted by molar-refractivity contribution is 5.95. The van der Waals surface area contributed by atoms with Crippen LogP contribution in [0.3, 0.4) is 0 Å². The monoisotopic (exact) mass is 443 g/mol. The lowest BCUT2D eigenvalue weighted by atomic mass is 10.3. The highest BCUT2D eigenvalue weighted by Crippen LogP contribution is 2.13. The Kier molecular flexibility index (Phi) is 6.88. The van der Waals surface area contributed by atoms with Crippen molar-refractivity contribution in [2.45, 2.75) is 13.8 Å².